The molecule has 2 heterocycles. The lowest BCUT2D eigenvalue weighted by Crippen LogP contribution is -2.36. The van der Waals surface area contributed by atoms with Crippen LogP contribution in [0.1, 0.15) is 48.0 Å². The van der Waals surface area contributed by atoms with Crippen LogP contribution in [-0.4, -0.2) is 48.8 Å². The lowest BCUT2D eigenvalue weighted by molar-refractivity contribution is -0.140. The first-order chi connectivity index (χ1) is 13.5. The van der Waals surface area contributed by atoms with Gasteiger partial charge in [-0.2, -0.15) is 0 Å². The third-order valence-corrected chi connectivity index (χ3v) is 6.18. The molecular formula is C21H24N2O5. The van der Waals surface area contributed by atoms with Crippen LogP contribution < -0.4 is 4.90 Å². The maximum Gasteiger partial charge on any atom is 0.337 e. The minimum absolute atomic E-state index is 0.105. The Balaban J connectivity index is 1.41. The minimum Gasteiger partial charge on any atom is -0.465 e. The molecule has 4 rings (SSSR count). The first-order valence-corrected chi connectivity index (χ1v) is 9.88. The molecule has 0 aromatic heterocycles. The summed E-state index contributed by atoms with van der Waals surface area (Å²) in [4.78, 5) is 52.5. The van der Waals surface area contributed by atoms with Crippen LogP contribution in [0.25, 0.3) is 0 Å². The monoisotopic (exact) mass is 384 g/mol. The summed E-state index contributed by atoms with van der Waals surface area (Å²) in [5.41, 5.74) is 2.17. The summed E-state index contributed by atoms with van der Waals surface area (Å²) in [6.07, 6.45) is 4.33. The first-order valence-electron chi connectivity index (χ1n) is 9.88. The fourth-order valence-electron chi connectivity index (χ4n) is 4.70. The number of likely N-dealkylation sites (tertiary alicyclic amines) is 1. The third-order valence-electron chi connectivity index (χ3n) is 6.18. The number of benzene rings is 1. The zero-order valence-corrected chi connectivity index (χ0v) is 16.0. The van der Waals surface area contributed by atoms with E-state index in [2.05, 4.69) is 0 Å². The molecule has 1 aliphatic carbocycles. The maximum absolute atomic E-state index is 12.8. The normalized spacial score (nSPS) is 23.6. The number of methoxy groups -OCH3 is 1. The average molecular weight is 384 g/mol. The van der Waals surface area contributed by atoms with Crippen LogP contribution >= 0.6 is 0 Å². The number of hydrogen-bond acceptors (Lipinski definition) is 5. The second-order valence-electron chi connectivity index (χ2n) is 7.71. The molecule has 28 heavy (non-hydrogen) atoms. The van der Waals surface area contributed by atoms with E-state index in [1.807, 2.05) is 0 Å². The third kappa shape index (κ3) is 3.08. The van der Waals surface area contributed by atoms with E-state index in [4.69, 9.17) is 4.74 Å². The second-order valence-corrected chi connectivity index (χ2v) is 7.71. The molecule has 2 fully saturated rings. The fourth-order valence-corrected chi connectivity index (χ4v) is 4.70. The van der Waals surface area contributed by atoms with Gasteiger partial charge in [0, 0.05) is 25.2 Å². The molecule has 7 heteroatoms. The summed E-state index contributed by atoms with van der Waals surface area (Å²) < 4.78 is 4.74. The van der Waals surface area contributed by atoms with Gasteiger partial charge in [0.2, 0.25) is 17.7 Å². The molecule has 3 amide bonds. The Labute approximate surface area is 163 Å². The van der Waals surface area contributed by atoms with Crippen molar-refractivity contribution in [3.63, 3.8) is 0 Å². The van der Waals surface area contributed by atoms with Gasteiger partial charge in [0.1, 0.15) is 0 Å². The molecule has 0 N–H and O–H groups in total. The molecule has 3 aliphatic rings. The number of amides is 3. The van der Waals surface area contributed by atoms with Crippen LogP contribution in [-0.2, 0) is 25.5 Å². The van der Waals surface area contributed by atoms with Gasteiger partial charge in [0.15, 0.2) is 0 Å². The number of rotatable bonds is 4. The van der Waals surface area contributed by atoms with E-state index in [1.165, 1.54) is 12.0 Å². The molecule has 1 aromatic rings. The summed E-state index contributed by atoms with van der Waals surface area (Å²) in [5.74, 6) is -1.08. The van der Waals surface area contributed by atoms with Crippen LogP contribution in [0.2, 0.25) is 0 Å². The van der Waals surface area contributed by atoms with Crippen molar-refractivity contribution in [2.24, 2.45) is 11.8 Å². The summed E-state index contributed by atoms with van der Waals surface area (Å²) in [7, 11) is 1.34. The Kier molecular flexibility index (Phi) is 4.91. The molecular weight excluding hydrogens is 360 g/mol. The molecule has 1 aromatic carbocycles. The highest BCUT2D eigenvalue weighted by molar-refractivity contribution is 6.06. The van der Waals surface area contributed by atoms with Gasteiger partial charge < -0.3 is 9.64 Å². The van der Waals surface area contributed by atoms with Crippen molar-refractivity contribution in [2.45, 2.75) is 38.5 Å². The summed E-state index contributed by atoms with van der Waals surface area (Å²) >= 11 is 0. The first kappa shape index (κ1) is 18.7. The largest absolute Gasteiger partial charge is 0.465 e. The fraction of sp³-hybridized carbons (Fsp3) is 0.524. The molecule has 148 valence electrons. The van der Waals surface area contributed by atoms with Crippen LogP contribution in [0.15, 0.2) is 18.2 Å². The Morgan fingerprint density at radius 1 is 1.11 bits per heavy atom. The highest BCUT2D eigenvalue weighted by Gasteiger charge is 2.48. The van der Waals surface area contributed by atoms with E-state index in [0.29, 0.717) is 18.5 Å². The zero-order chi connectivity index (χ0) is 19.8. The topological polar surface area (TPSA) is 84.0 Å². The maximum atomic E-state index is 12.8. The van der Waals surface area contributed by atoms with E-state index in [9.17, 15) is 19.2 Å². The predicted octanol–water partition coefficient (Wildman–Crippen LogP) is 1.93. The molecule has 2 atom stereocenters. The van der Waals surface area contributed by atoms with Gasteiger partial charge in [-0.1, -0.05) is 12.8 Å². The smallest absolute Gasteiger partial charge is 0.337 e. The van der Waals surface area contributed by atoms with Crippen molar-refractivity contribution < 1.29 is 23.9 Å². The molecule has 1 saturated carbocycles. The number of carbonyl (C=O) groups is 4. The number of nitrogens with zero attached hydrogens (tertiary/aromatic N) is 2. The van der Waals surface area contributed by atoms with Gasteiger partial charge in [0.25, 0.3) is 0 Å². The second kappa shape index (κ2) is 7.37. The minimum atomic E-state index is -0.403. The Morgan fingerprint density at radius 2 is 1.79 bits per heavy atom. The lowest BCUT2D eigenvalue weighted by atomic mass is 9.81. The lowest BCUT2D eigenvalue weighted by Gasteiger charge is -2.20. The van der Waals surface area contributed by atoms with E-state index in [0.717, 1.165) is 36.9 Å². The quantitative estimate of drug-likeness (QED) is 0.585. The van der Waals surface area contributed by atoms with E-state index in [1.54, 1.807) is 23.1 Å². The molecule has 0 bridgehead atoms. The van der Waals surface area contributed by atoms with Crippen molar-refractivity contribution in [3.8, 4) is 0 Å². The van der Waals surface area contributed by atoms with Crippen molar-refractivity contribution in [2.75, 3.05) is 25.1 Å². The van der Waals surface area contributed by atoms with Crippen LogP contribution in [0.4, 0.5) is 5.69 Å². The number of imide groups is 1. The molecule has 1 saturated heterocycles. The zero-order valence-electron chi connectivity index (χ0n) is 16.0. The van der Waals surface area contributed by atoms with Gasteiger partial charge in [-0.15, -0.1) is 0 Å². The molecule has 0 spiro atoms. The van der Waals surface area contributed by atoms with Crippen molar-refractivity contribution in [3.05, 3.63) is 29.3 Å². The van der Waals surface area contributed by atoms with Gasteiger partial charge in [-0.3, -0.25) is 19.3 Å². The number of esters is 1. The van der Waals surface area contributed by atoms with Gasteiger partial charge in [-0.05, 0) is 43.0 Å². The Hall–Kier alpha value is -2.70. The van der Waals surface area contributed by atoms with Crippen molar-refractivity contribution in [1.29, 1.82) is 0 Å². The molecule has 0 unspecified atom stereocenters. The average Bonchev–Trinajstić information content (AvgIpc) is 3.25. The number of carbonyl (C=O) groups excluding carboxylic acids is 4. The number of fused-ring (bicyclic) bond motifs is 2. The highest BCUT2D eigenvalue weighted by Crippen LogP contribution is 2.38. The van der Waals surface area contributed by atoms with E-state index < -0.39 is 5.97 Å². The van der Waals surface area contributed by atoms with Gasteiger partial charge in [0.05, 0.1) is 24.5 Å². The number of anilines is 1. The van der Waals surface area contributed by atoms with Gasteiger partial charge in [-0.25, -0.2) is 4.79 Å². The Morgan fingerprint density at radius 3 is 2.43 bits per heavy atom. The summed E-state index contributed by atoms with van der Waals surface area (Å²) in [6, 6.07) is 5.16. The van der Waals surface area contributed by atoms with Crippen LogP contribution in [0, 0.1) is 11.8 Å². The van der Waals surface area contributed by atoms with Crippen LogP contribution in [0.3, 0.4) is 0 Å². The van der Waals surface area contributed by atoms with E-state index >= 15 is 0 Å². The van der Waals surface area contributed by atoms with Crippen molar-refractivity contribution in [1.82, 2.24) is 4.90 Å². The molecule has 0 radical (unpaired) electrons. The SMILES string of the molecule is COC(=O)c1ccc2c(c1)CCN2C(=O)CCN1C(=O)[C@H]2CCCC[C@H]2C1=O. The number of ether oxygens (including phenoxy) is 1. The van der Waals surface area contributed by atoms with E-state index in [-0.39, 0.29) is 42.5 Å². The number of hydrogen-bond donors (Lipinski definition) is 0. The molecule has 7 nitrogen and oxygen atoms in total. The van der Waals surface area contributed by atoms with Crippen molar-refractivity contribution >= 4 is 29.4 Å². The molecule has 2 aliphatic heterocycles. The highest BCUT2D eigenvalue weighted by atomic mass is 16.5. The van der Waals surface area contributed by atoms with Crippen LogP contribution in [0.5, 0.6) is 0 Å². The Bertz CT molecular complexity index is 825. The summed E-state index contributed by atoms with van der Waals surface area (Å²) in [6.45, 7) is 0.682. The standard InChI is InChI=1S/C21H24N2O5/c1-28-21(27)14-6-7-17-13(12-14)8-10-22(17)18(24)9-11-23-19(25)15-4-2-3-5-16(15)20(23)26/h6-7,12,15-16H,2-5,8-11H2,1H3/t15-,16+. The predicted molar refractivity (Wildman–Crippen MR) is 101 cm³/mol. The van der Waals surface area contributed by atoms with Gasteiger partial charge >= 0.3 is 5.97 Å². The summed E-state index contributed by atoms with van der Waals surface area (Å²) in [5, 5.41) is 0.